The number of methoxy groups -OCH3 is 1. The molecule has 126 valence electrons. The average Bonchev–Trinajstić information content (AvgIpc) is 2.58. The summed E-state index contributed by atoms with van der Waals surface area (Å²) < 4.78 is 11.1. The number of para-hydroxylation sites is 1. The molecular formula is C17H17BrN2O4. The van der Waals surface area contributed by atoms with Crippen LogP contribution in [0.3, 0.4) is 0 Å². The van der Waals surface area contributed by atoms with Gasteiger partial charge in [-0.1, -0.05) is 34.1 Å². The number of hydrogen-bond donors (Lipinski definition) is 2. The minimum absolute atomic E-state index is 0.292. The first-order valence-corrected chi connectivity index (χ1v) is 8.00. The second kappa shape index (κ2) is 8.93. The zero-order valence-electron chi connectivity index (χ0n) is 13.0. The summed E-state index contributed by atoms with van der Waals surface area (Å²) in [5, 5.41) is 5.28. The van der Waals surface area contributed by atoms with Crippen molar-refractivity contribution in [2.24, 2.45) is 0 Å². The highest BCUT2D eigenvalue weighted by Crippen LogP contribution is 2.17. The zero-order valence-corrected chi connectivity index (χ0v) is 14.6. The number of nitrogens with one attached hydrogen (secondary N) is 2. The first-order chi connectivity index (χ1) is 11.6. The lowest BCUT2D eigenvalue weighted by Gasteiger charge is -2.11. The molecule has 0 atom stereocenters. The molecule has 2 rings (SSSR count). The molecule has 7 heteroatoms. The molecule has 0 radical (unpaired) electrons. The van der Waals surface area contributed by atoms with E-state index in [0.717, 1.165) is 4.47 Å². The van der Waals surface area contributed by atoms with Crippen molar-refractivity contribution in [2.45, 2.75) is 0 Å². The first kappa shape index (κ1) is 17.8. The van der Waals surface area contributed by atoms with Crippen LogP contribution in [0.25, 0.3) is 0 Å². The Morgan fingerprint density at radius 2 is 1.92 bits per heavy atom. The number of anilines is 1. The average molecular weight is 393 g/mol. The van der Waals surface area contributed by atoms with Gasteiger partial charge in [0.15, 0.2) is 0 Å². The van der Waals surface area contributed by atoms with Crippen molar-refractivity contribution in [3.8, 4) is 5.75 Å². The van der Waals surface area contributed by atoms with Gasteiger partial charge in [-0.3, -0.25) is 0 Å². The number of carbonyl (C=O) groups excluding carboxylic acids is 2. The lowest BCUT2D eigenvalue weighted by molar-refractivity contribution is 0.0602. The Morgan fingerprint density at radius 1 is 1.12 bits per heavy atom. The summed E-state index contributed by atoms with van der Waals surface area (Å²) in [5.41, 5.74) is 0.676. The largest absolute Gasteiger partial charge is 0.492 e. The maximum Gasteiger partial charge on any atom is 0.339 e. The van der Waals surface area contributed by atoms with Gasteiger partial charge < -0.3 is 20.1 Å². The summed E-state index contributed by atoms with van der Waals surface area (Å²) >= 11 is 3.36. The Hall–Kier alpha value is -2.54. The van der Waals surface area contributed by atoms with E-state index in [1.807, 2.05) is 24.3 Å². The standard InChI is InChI=1S/C17H17BrN2O4/c1-23-16(21)14-7-2-3-8-15(14)20-17(22)19-9-10-24-13-6-4-5-12(18)11-13/h2-8,11H,9-10H2,1H3,(H2,19,20,22). The molecule has 2 amide bonds. The van der Waals surface area contributed by atoms with E-state index >= 15 is 0 Å². The molecule has 0 spiro atoms. The summed E-state index contributed by atoms with van der Waals surface area (Å²) in [6, 6.07) is 13.6. The van der Waals surface area contributed by atoms with E-state index < -0.39 is 12.0 Å². The second-order valence-corrected chi connectivity index (χ2v) is 5.64. The Bertz CT molecular complexity index is 721. The van der Waals surface area contributed by atoms with Crippen LogP contribution in [0, 0.1) is 0 Å². The van der Waals surface area contributed by atoms with Gasteiger partial charge in [-0.2, -0.15) is 0 Å². The van der Waals surface area contributed by atoms with E-state index in [4.69, 9.17) is 4.74 Å². The fourth-order valence-electron chi connectivity index (χ4n) is 1.94. The van der Waals surface area contributed by atoms with Crippen LogP contribution in [0.5, 0.6) is 5.75 Å². The van der Waals surface area contributed by atoms with E-state index in [1.165, 1.54) is 7.11 Å². The van der Waals surface area contributed by atoms with E-state index in [-0.39, 0.29) is 0 Å². The predicted molar refractivity (Wildman–Crippen MR) is 94.4 cm³/mol. The summed E-state index contributed by atoms with van der Waals surface area (Å²) in [7, 11) is 1.29. The SMILES string of the molecule is COC(=O)c1ccccc1NC(=O)NCCOc1cccc(Br)c1. The number of halogens is 1. The smallest absolute Gasteiger partial charge is 0.339 e. The predicted octanol–water partition coefficient (Wildman–Crippen LogP) is 3.44. The van der Waals surface area contributed by atoms with Gasteiger partial charge in [-0.15, -0.1) is 0 Å². The van der Waals surface area contributed by atoms with Gasteiger partial charge in [0.2, 0.25) is 0 Å². The summed E-state index contributed by atoms with van der Waals surface area (Å²) in [6.07, 6.45) is 0. The summed E-state index contributed by atoms with van der Waals surface area (Å²) in [4.78, 5) is 23.5. The van der Waals surface area contributed by atoms with Crippen LogP contribution in [0.15, 0.2) is 53.0 Å². The number of ether oxygens (including phenoxy) is 2. The van der Waals surface area contributed by atoms with E-state index in [0.29, 0.717) is 30.2 Å². The van der Waals surface area contributed by atoms with Crippen LogP contribution in [-0.2, 0) is 4.74 Å². The lowest BCUT2D eigenvalue weighted by Crippen LogP contribution is -2.32. The number of amides is 2. The number of urea groups is 1. The molecule has 0 saturated heterocycles. The fraction of sp³-hybridized carbons (Fsp3) is 0.176. The Morgan fingerprint density at radius 3 is 2.67 bits per heavy atom. The number of esters is 1. The van der Waals surface area contributed by atoms with Crippen molar-refractivity contribution < 1.29 is 19.1 Å². The van der Waals surface area contributed by atoms with Crippen LogP contribution in [-0.4, -0.2) is 32.3 Å². The van der Waals surface area contributed by atoms with Crippen LogP contribution >= 0.6 is 15.9 Å². The molecule has 24 heavy (non-hydrogen) atoms. The van der Waals surface area contributed by atoms with Gasteiger partial charge in [0.1, 0.15) is 12.4 Å². The van der Waals surface area contributed by atoms with Gasteiger partial charge in [0, 0.05) is 4.47 Å². The molecule has 0 aliphatic carbocycles. The molecule has 0 unspecified atom stereocenters. The maximum absolute atomic E-state index is 11.9. The van der Waals surface area contributed by atoms with E-state index in [9.17, 15) is 9.59 Å². The van der Waals surface area contributed by atoms with Gasteiger partial charge in [0.05, 0.1) is 24.9 Å². The van der Waals surface area contributed by atoms with Crippen molar-refractivity contribution in [3.63, 3.8) is 0 Å². The topological polar surface area (TPSA) is 76.7 Å². The Kier molecular flexibility index (Phi) is 6.62. The molecule has 2 N–H and O–H groups in total. The van der Waals surface area contributed by atoms with Gasteiger partial charge >= 0.3 is 12.0 Å². The van der Waals surface area contributed by atoms with Crippen molar-refractivity contribution in [2.75, 3.05) is 25.6 Å². The molecule has 6 nitrogen and oxygen atoms in total. The van der Waals surface area contributed by atoms with Crippen LogP contribution in [0.2, 0.25) is 0 Å². The summed E-state index contributed by atoms with van der Waals surface area (Å²) in [6.45, 7) is 0.640. The van der Waals surface area contributed by atoms with Crippen molar-refractivity contribution in [1.29, 1.82) is 0 Å². The molecule has 0 saturated carbocycles. The molecule has 0 aliphatic heterocycles. The third kappa shape index (κ3) is 5.27. The molecule has 0 bridgehead atoms. The fourth-order valence-corrected chi connectivity index (χ4v) is 2.32. The van der Waals surface area contributed by atoms with Gasteiger partial charge in [0.25, 0.3) is 0 Å². The minimum atomic E-state index is -0.510. The van der Waals surface area contributed by atoms with Crippen molar-refractivity contribution in [3.05, 3.63) is 58.6 Å². The van der Waals surface area contributed by atoms with Crippen LogP contribution in [0.4, 0.5) is 10.5 Å². The molecule has 0 aliphatic rings. The van der Waals surface area contributed by atoms with Gasteiger partial charge in [-0.25, -0.2) is 9.59 Å². The number of rotatable bonds is 6. The highest BCUT2D eigenvalue weighted by molar-refractivity contribution is 9.10. The molecule has 2 aromatic rings. The van der Waals surface area contributed by atoms with Crippen LogP contribution < -0.4 is 15.4 Å². The first-order valence-electron chi connectivity index (χ1n) is 7.20. The molecule has 0 fully saturated rings. The monoisotopic (exact) mass is 392 g/mol. The third-order valence-electron chi connectivity index (χ3n) is 3.03. The van der Waals surface area contributed by atoms with E-state index in [2.05, 4.69) is 31.3 Å². The number of benzene rings is 2. The minimum Gasteiger partial charge on any atom is -0.492 e. The van der Waals surface area contributed by atoms with Crippen molar-refractivity contribution in [1.82, 2.24) is 5.32 Å². The highest BCUT2D eigenvalue weighted by Gasteiger charge is 2.12. The summed E-state index contributed by atoms with van der Waals surface area (Å²) in [5.74, 6) is 0.200. The highest BCUT2D eigenvalue weighted by atomic mass is 79.9. The normalized spacial score (nSPS) is 9.92. The number of hydrogen-bond acceptors (Lipinski definition) is 4. The molecule has 2 aromatic carbocycles. The molecular weight excluding hydrogens is 376 g/mol. The lowest BCUT2D eigenvalue weighted by atomic mass is 10.2. The zero-order chi connectivity index (χ0) is 17.4. The quantitative estimate of drug-likeness (QED) is 0.583. The maximum atomic E-state index is 11.9. The van der Waals surface area contributed by atoms with Crippen molar-refractivity contribution >= 4 is 33.6 Å². The molecule has 0 heterocycles. The van der Waals surface area contributed by atoms with Gasteiger partial charge in [-0.05, 0) is 30.3 Å². The third-order valence-corrected chi connectivity index (χ3v) is 3.53. The number of carbonyl (C=O) groups is 2. The van der Waals surface area contributed by atoms with Crippen LogP contribution in [0.1, 0.15) is 10.4 Å². The Labute approximate surface area is 148 Å². The van der Waals surface area contributed by atoms with E-state index in [1.54, 1.807) is 24.3 Å². The Balaban J connectivity index is 1.81. The second-order valence-electron chi connectivity index (χ2n) is 4.72. The molecule has 0 aromatic heterocycles.